The Hall–Kier alpha value is -1.60. The fourth-order valence-electron chi connectivity index (χ4n) is 1.90. The van der Waals surface area contributed by atoms with Crippen molar-refractivity contribution < 1.29 is 14.3 Å². The molecule has 2 N–H and O–H groups in total. The number of nitrogens with one attached hydrogen (secondary N) is 2. The van der Waals surface area contributed by atoms with Crippen LogP contribution in [-0.2, 0) is 16.0 Å². The van der Waals surface area contributed by atoms with Crippen LogP contribution >= 0.6 is 0 Å². The molecule has 1 fully saturated rings. The van der Waals surface area contributed by atoms with Gasteiger partial charge in [0.25, 0.3) is 0 Å². The van der Waals surface area contributed by atoms with Gasteiger partial charge in [-0.15, -0.1) is 0 Å². The van der Waals surface area contributed by atoms with Crippen LogP contribution < -0.4 is 5.69 Å². The van der Waals surface area contributed by atoms with Gasteiger partial charge in [0.1, 0.15) is 5.69 Å². The van der Waals surface area contributed by atoms with Crippen LogP contribution in [0.3, 0.4) is 0 Å². The smallest absolute Gasteiger partial charge is 0.356 e. The Morgan fingerprint density at radius 2 is 2.11 bits per heavy atom. The summed E-state index contributed by atoms with van der Waals surface area (Å²) in [5, 5.41) is 0. The highest BCUT2D eigenvalue weighted by Gasteiger charge is 2.19. The molecule has 0 bridgehead atoms. The zero-order valence-corrected chi connectivity index (χ0v) is 10.3. The summed E-state index contributed by atoms with van der Waals surface area (Å²) in [7, 11) is 0. The lowest BCUT2D eigenvalue weighted by Gasteiger charge is -2.26. The second-order valence-corrected chi connectivity index (χ2v) is 4.04. The molecule has 0 aromatic carbocycles. The number of H-pyrrole nitrogens is 2. The molecule has 0 atom stereocenters. The minimum absolute atomic E-state index is 0.216. The van der Waals surface area contributed by atoms with Gasteiger partial charge < -0.3 is 14.5 Å². The number of aromatic nitrogens is 2. The normalized spacial score (nSPS) is 16.7. The molecule has 100 valence electrons. The molecule has 0 amide bonds. The molecule has 0 radical (unpaired) electrons. The van der Waals surface area contributed by atoms with Gasteiger partial charge in [0.15, 0.2) is 0 Å². The number of hydrogen-bond donors (Lipinski definition) is 2. The number of carbonyl (C=O) groups is 1. The molecule has 2 heterocycles. The Bertz CT molecular complexity index is 459. The number of nitrogens with zero attached hydrogens (tertiary/aromatic N) is 1. The zero-order chi connectivity index (χ0) is 13.0. The zero-order valence-electron chi connectivity index (χ0n) is 10.3. The van der Waals surface area contributed by atoms with E-state index in [1.165, 1.54) is 0 Å². The minimum atomic E-state index is -0.501. The molecular formula is C11H17N3O4. The molecule has 0 spiro atoms. The summed E-state index contributed by atoms with van der Waals surface area (Å²) in [6.45, 7) is 5.43. The third kappa shape index (κ3) is 2.99. The second kappa shape index (κ2) is 5.83. The largest absolute Gasteiger partial charge is 0.461 e. The molecule has 1 aliphatic rings. The summed E-state index contributed by atoms with van der Waals surface area (Å²) in [6.07, 6.45) is 0. The average molecular weight is 255 g/mol. The highest BCUT2D eigenvalue weighted by Crippen LogP contribution is 2.08. The first-order valence-corrected chi connectivity index (χ1v) is 5.99. The van der Waals surface area contributed by atoms with E-state index in [9.17, 15) is 9.59 Å². The monoisotopic (exact) mass is 255 g/mol. The van der Waals surface area contributed by atoms with Gasteiger partial charge in [0.05, 0.1) is 25.5 Å². The van der Waals surface area contributed by atoms with E-state index in [4.69, 9.17) is 9.47 Å². The lowest BCUT2D eigenvalue weighted by molar-refractivity contribution is 0.0331. The first-order valence-electron chi connectivity index (χ1n) is 5.99. The predicted molar refractivity (Wildman–Crippen MR) is 63.5 cm³/mol. The molecule has 1 aliphatic heterocycles. The topological polar surface area (TPSA) is 87.4 Å². The number of hydrogen-bond acceptors (Lipinski definition) is 5. The Labute approximate surface area is 104 Å². The van der Waals surface area contributed by atoms with Crippen LogP contribution in [0.2, 0.25) is 0 Å². The maximum absolute atomic E-state index is 11.7. The number of imidazole rings is 1. The summed E-state index contributed by atoms with van der Waals surface area (Å²) in [6, 6.07) is 0. The Morgan fingerprint density at radius 3 is 2.78 bits per heavy atom. The second-order valence-electron chi connectivity index (χ2n) is 4.04. The maximum atomic E-state index is 11.7. The van der Waals surface area contributed by atoms with Crippen LogP contribution in [0.5, 0.6) is 0 Å². The Morgan fingerprint density at radius 1 is 1.39 bits per heavy atom. The number of aromatic amines is 2. The summed E-state index contributed by atoms with van der Waals surface area (Å²) >= 11 is 0. The maximum Gasteiger partial charge on any atom is 0.356 e. The van der Waals surface area contributed by atoms with E-state index in [-0.39, 0.29) is 18.0 Å². The first kappa shape index (κ1) is 12.8. The van der Waals surface area contributed by atoms with Gasteiger partial charge in [-0.2, -0.15) is 0 Å². The van der Waals surface area contributed by atoms with Crippen LogP contribution in [0.15, 0.2) is 4.79 Å². The van der Waals surface area contributed by atoms with Crippen molar-refractivity contribution in [3.63, 3.8) is 0 Å². The van der Waals surface area contributed by atoms with Crippen molar-refractivity contribution in [1.82, 2.24) is 14.9 Å². The number of ether oxygens (including phenoxy) is 2. The van der Waals surface area contributed by atoms with E-state index in [0.717, 1.165) is 13.1 Å². The van der Waals surface area contributed by atoms with Crippen molar-refractivity contribution in [2.45, 2.75) is 13.5 Å². The molecule has 1 aromatic rings. The van der Waals surface area contributed by atoms with Crippen LogP contribution in [-0.4, -0.2) is 53.7 Å². The number of rotatable bonds is 4. The SMILES string of the molecule is CCOC(=O)c1[nH]c(=O)[nH]c1CN1CCOCC1. The fourth-order valence-corrected chi connectivity index (χ4v) is 1.90. The van der Waals surface area contributed by atoms with Crippen molar-refractivity contribution in [2.24, 2.45) is 0 Å². The third-order valence-corrected chi connectivity index (χ3v) is 2.77. The van der Waals surface area contributed by atoms with Crippen molar-refractivity contribution in [3.05, 3.63) is 21.9 Å². The molecule has 18 heavy (non-hydrogen) atoms. The van der Waals surface area contributed by atoms with E-state index >= 15 is 0 Å². The van der Waals surface area contributed by atoms with Crippen molar-refractivity contribution in [3.8, 4) is 0 Å². The average Bonchev–Trinajstić information content (AvgIpc) is 2.72. The van der Waals surface area contributed by atoms with Crippen LogP contribution in [0, 0.1) is 0 Å². The molecule has 0 aliphatic carbocycles. The van der Waals surface area contributed by atoms with E-state index < -0.39 is 5.97 Å². The lowest BCUT2D eigenvalue weighted by atomic mass is 10.3. The molecule has 0 saturated carbocycles. The van der Waals surface area contributed by atoms with Gasteiger partial charge in [-0.3, -0.25) is 9.88 Å². The van der Waals surface area contributed by atoms with Gasteiger partial charge in [-0.25, -0.2) is 9.59 Å². The Kier molecular flexibility index (Phi) is 4.16. The highest BCUT2D eigenvalue weighted by molar-refractivity contribution is 5.88. The van der Waals surface area contributed by atoms with E-state index in [1.54, 1.807) is 6.92 Å². The van der Waals surface area contributed by atoms with Crippen molar-refractivity contribution in [1.29, 1.82) is 0 Å². The fraction of sp³-hybridized carbons (Fsp3) is 0.636. The molecule has 0 unspecified atom stereocenters. The molecule has 1 aromatic heterocycles. The number of morpholine rings is 1. The van der Waals surface area contributed by atoms with Crippen LogP contribution in [0.25, 0.3) is 0 Å². The van der Waals surface area contributed by atoms with E-state index in [1.807, 2.05) is 0 Å². The van der Waals surface area contributed by atoms with E-state index in [2.05, 4.69) is 14.9 Å². The van der Waals surface area contributed by atoms with Gasteiger partial charge in [-0.1, -0.05) is 0 Å². The molecule has 1 saturated heterocycles. The molecule has 2 rings (SSSR count). The number of carbonyl (C=O) groups excluding carboxylic acids is 1. The molecule has 7 nitrogen and oxygen atoms in total. The van der Waals surface area contributed by atoms with Gasteiger partial charge in [0.2, 0.25) is 0 Å². The summed E-state index contributed by atoms with van der Waals surface area (Å²) in [5.74, 6) is -0.501. The summed E-state index contributed by atoms with van der Waals surface area (Å²) in [5.41, 5.74) is 0.398. The van der Waals surface area contributed by atoms with Crippen molar-refractivity contribution >= 4 is 5.97 Å². The van der Waals surface area contributed by atoms with Crippen LogP contribution in [0.4, 0.5) is 0 Å². The molecular weight excluding hydrogens is 238 g/mol. The highest BCUT2D eigenvalue weighted by atomic mass is 16.5. The lowest BCUT2D eigenvalue weighted by Crippen LogP contribution is -2.36. The number of esters is 1. The first-order chi connectivity index (χ1) is 8.70. The molecule has 7 heteroatoms. The standard InChI is InChI=1S/C11H17N3O4/c1-2-18-10(15)9-8(12-11(16)13-9)7-14-3-5-17-6-4-14/h2-7H2,1H3,(H2,12,13,16). The summed E-state index contributed by atoms with van der Waals surface area (Å²) in [4.78, 5) is 30.2. The van der Waals surface area contributed by atoms with E-state index in [0.29, 0.717) is 25.5 Å². The summed E-state index contributed by atoms with van der Waals surface area (Å²) < 4.78 is 10.1. The predicted octanol–water partition coefficient (Wildman–Crippen LogP) is -0.288. The Balaban J connectivity index is 2.11. The van der Waals surface area contributed by atoms with Gasteiger partial charge in [-0.05, 0) is 6.92 Å². The quantitative estimate of drug-likeness (QED) is 0.722. The van der Waals surface area contributed by atoms with Crippen LogP contribution in [0.1, 0.15) is 23.1 Å². The van der Waals surface area contributed by atoms with Crippen molar-refractivity contribution in [2.75, 3.05) is 32.9 Å². The third-order valence-electron chi connectivity index (χ3n) is 2.77. The minimum Gasteiger partial charge on any atom is -0.461 e. The van der Waals surface area contributed by atoms with Gasteiger partial charge >= 0.3 is 11.7 Å². The van der Waals surface area contributed by atoms with Gasteiger partial charge in [0, 0.05) is 19.6 Å².